The first kappa shape index (κ1) is 16.3. The van der Waals surface area contributed by atoms with E-state index in [4.69, 9.17) is 16.3 Å². The van der Waals surface area contributed by atoms with Crippen LogP contribution in [-0.4, -0.2) is 13.7 Å². The van der Waals surface area contributed by atoms with Crippen LogP contribution >= 0.6 is 27.5 Å². The maximum atomic E-state index is 13.4. The second-order valence-corrected chi connectivity index (χ2v) is 5.81. The quantitative estimate of drug-likeness (QED) is 0.802. The van der Waals surface area contributed by atoms with Crippen molar-refractivity contribution in [1.29, 1.82) is 0 Å². The van der Waals surface area contributed by atoms with Gasteiger partial charge in [-0.3, -0.25) is 0 Å². The minimum Gasteiger partial charge on any atom is -0.497 e. The summed E-state index contributed by atoms with van der Waals surface area (Å²) < 4.78 is 19.5. The largest absolute Gasteiger partial charge is 0.497 e. The van der Waals surface area contributed by atoms with Gasteiger partial charge in [0.2, 0.25) is 0 Å². The normalized spacial score (nSPS) is 12.2. The summed E-state index contributed by atoms with van der Waals surface area (Å²) in [5, 5.41) is 3.51. The Morgan fingerprint density at radius 1 is 1.29 bits per heavy atom. The summed E-state index contributed by atoms with van der Waals surface area (Å²) >= 11 is 9.46. The fourth-order valence-corrected chi connectivity index (χ4v) is 2.95. The lowest BCUT2D eigenvalue weighted by molar-refractivity contribution is 0.414. The maximum Gasteiger partial charge on any atom is 0.141 e. The Kier molecular flexibility index (Phi) is 5.62. The monoisotopic (exact) mass is 371 g/mol. The van der Waals surface area contributed by atoms with Crippen molar-refractivity contribution in [3.63, 3.8) is 0 Å². The molecule has 2 aromatic carbocycles. The van der Waals surface area contributed by atoms with Crippen molar-refractivity contribution in [2.45, 2.75) is 13.0 Å². The maximum absolute atomic E-state index is 13.4. The highest BCUT2D eigenvalue weighted by Gasteiger charge is 2.17. The first-order chi connectivity index (χ1) is 10.1. The Labute approximate surface area is 137 Å². The predicted molar refractivity (Wildman–Crippen MR) is 87.6 cm³/mol. The van der Waals surface area contributed by atoms with Gasteiger partial charge in [0.05, 0.1) is 18.2 Å². The molecule has 112 valence electrons. The van der Waals surface area contributed by atoms with E-state index in [-0.39, 0.29) is 11.1 Å². The molecule has 0 spiro atoms. The third kappa shape index (κ3) is 3.76. The molecule has 1 N–H and O–H groups in total. The number of rotatable bonds is 5. The molecule has 2 rings (SSSR count). The molecule has 5 heteroatoms. The summed E-state index contributed by atoms with van der Waals surface area (Å²) in [7, 11) is 1.63. The number of nitrogens with one attached hydrogen (secondary N) is 1. The zero-order valence-corrected chi connectivity index (χ0v) is 14.1. The molecule has 0 heterocycles. The number of ether oxygens (including phenoxy) is 1. The van der Waals surface area contributed by atoms with Gasteiger partial charge < -0.3 is 10.1 Å². The van der Waals surface area contributed by atoms with E-state index in [1.54, 1.807) is 19.2 Å². The van der Waals surface area contributed by atoms with Crippen molar-refractivity contribution < 1.29 is 9.13 Å². The Morgan fingerprint density at radius 3 is 2.62 bits per heavy atom. The van der Waals surface area contributed by atoms with Crippen LogP contribution in [0.15, 0.2) is 40.9 Å². The molecule has 21 heavy (non-hydrogen) atoms. The van der Waals surface area contributed by atoms with Crippen LogP contribution in [0.25, 0.3) is 0 Å². The predicted octanol–water partition coefficient (Wildman–Crippen LogP) is 4.95. The zero-order valence-electron chi connectivity index (χ0n) is 11.8. The number of hydrogen-bond donors (Lipinski definition) is 1. The van der Waals surface area contributed by atoms with Crippen LogP contribution in [0.2, 0.25) is 5.02 Å². The molecule has 0 amide bonds. The van der Waals surface area contributed by atoms with Crippen LogP contribution in [0.3, 0.4) is 0 Å². The summed E-state index contributed by atoms with van der Waals surface area (Å²) in [4.78, 5) is 0. The minimum atomic E-state index is -0.413. The van der Waals surface area contributed by atoms with Gasteiger partial charge in [0.1, 0.15) is 11.6 Å². The fourth-order valence-electron chi connectivity index (χ4n) is 2.17. The molecule has 0 radical (unpaired) electrons. The van der Waals surface area contributed by atoms with Gasteiger partial charge >= 0.3 is 0 Å². The van der Waals surface area contributed by atoms with Gasteiger partial charge in [-0.15, -0.1) is 0 Å². The number of hydrogen-bond acceptors (Lipinski definition) is 2. The van der Waals surface area contributed by atoms with Crippen LogP contribution in [0.4, 0.5) is 4.39 Å². The molecular weight excluding hydrogens is 357 g/mol. The van der Waals surface area contributed by atoms with E-state index >= 15 is 0 Å². The summed E-state index contributed by atoms with van der Waals surface area (Å²) in [5.74, 6) is 0.363. The molecule has 0 aliphatic heterocycles. The highest BCUT2D eigenvalue weighted by atomic mass is 79.9. The molecule has 2 nitrogen and oxygen atoms in total. The highest BCUT2D eigenvalue weighted by Crippen LogP contribution is 2.32. The molecule has 0 fully saturated rings. The molecule has 0 aliphatic rings. The Hall–Kier alpha value is -1.10. The van der Waals surface area contributed by atoms with Crippen molar-refractivity contribution in [3.8, 4) is 5.75 Å². The molecule has 0 aliphatic carbocycles. The number of halogens is 3. The molecule has 0 aromatic heterocycles. The van der Waals surface area contributed by atoms with Gasteiger partial charge in [0.15, 0.2) is 0 Å². The van der Waals surface area contributed by atoms with E-state index in [1.165, 1.54) is 6.07 Å². The average Bonchev–Trinajstić information content (AvgIpc) is 2.48. The van der Waals surface area contributed by atoms with E-state index in [2.05, 4.69) is 21.2 Å². The van der Waals surface area contributed by atoms with Crippen LogP contribution in [0.5, 0.6) is 5.75 Å². The van der Waals surface area contributed by atoms with Crippen LogP contribution in [-0.2, 0) is 0 Å². The smallest absolute Gasteiger partial charge is 0.141 e. The van der Waals surface area contributed by atoms with Crippen molar-refractivity contribution in [2.24, 2.45) is 0 Å². The van der Waals surface area contributed by atoms with Gasteiger partial charge in [0.25, 0.3) is 0 Å². The SMILES string of the molecule is CCNC(c1ccc(F)c(Cl)c1)c1ccc(OC)cc1Br. The third-order valence-electron chi connectivity index (χ3n) is 3.20. The first-order valence-corrected chi connectivity index (χ1v) is 7.75. The highest BCUT2D eigenvalue weighted by molar-refractivity contribution is 9.10. The van der Waals surface area contributed by atoms with Gasteiger partial charge in [-0.2, -0.15) is 0 Å². The summed E-state index contributed by atoms with van der Waals surface area (Å²) in [6.07, 6.45) is 0. The van der Waals surface area contributed by atoms with Crippen molar-refractivity contribution >= 4 is 27.5 Å². The Morgan fingerprint density at radius 2 is 2.05 bits per heavy atom. The van der Waals surface area contributed by atoms with Crippen LogP contribution < -0.4 is 10.1 Å². The van der Waals surface area contributed by atoms with Crippen molar-refractivity contribution in [3.05, 3.63) is 62.8 Å². The molecule has 2 aromatic rings. The lowest BCUT2D eigenvalue weighted by Gasteiger charge is -2.21. The average molecular weight is 373 g/mol. The molecule has 1 atom stereocenters. The second-order valence-electron chi connectivity index (χ2n) is 4.55. The second kappa shape index (κ2) is 7.25. The van der Waals surface area contributed by atoms with E-state index in [0.29, 0.717) is 0 Å². The fraction of sp³-hybridized carbons (Fsp3) is 0.250. The van der Waals surface area contributed by atoms with E-state index in [0.717, 1.165) is 27.9 Å². The zero-order chi connectivity index (χ0) is 15.4. The Bertz CT molecular complexity index is 636. The van der Waals surface area contributed by atoms with E-state index < -0.39 is 5.82 Å². The van der Waals surface area contributed by atoms with Gasteiger partial charge in [-0.1, -0.05) is 46.6 Å². The molecule has 1 unspecified atom stereocenters. The van der Waals surface area contributed by atoms with Gasteiger partial charge in [0, 0.05) is 4.47 Å². The third-order valence-corrected chi connectivity index (χ3v) is 4.18. The van der Waals surface area contributed by atoms with Crippen LogP contribution in [0.1, 0.15) is 24.1 Å². The minimum absolute atomic E-state index is 0.0756. The first-order valence-electron chi connectivity index (χ1n) is 6.58. The van der Waals surface area contributed by atoms with Gasteiger partial charge in [-0.05, 0) is 41.9 Å². The van der Waals surface area contributed by atoms with Gasteiger partial charge in [-0.25, -0.2) is 4.39 Å². The number of methoxy groups -OCH3 is 1. The summed E-state index contributed by atoms with van der Waals surface area (Å²) in [6.45, 7) is 2.80. The van der Waals surface area contributed by atoms with Crippen molar-refractivity contribution in [2.75, 3.05) is 13.7 Å². The summed E-state index contributed by atoms with van der Waals surface area (Å²) in [6, 6.07) is 10.5. The molecule has 0 saturated carbocycles. The standard InChI is InChI=1S/C16H16BrClFNO/c1-3-20-16(10-4-7-15(19)14(18)8-10)12-6-5-11(21-2)9-13(12)17/h4-9,16,20H,3H2,1-2H3. The molecular formula is C16H16BrClFNO. The van der Waals surface area contributed by atoms with E-state index in [1.807, 2.05) is 25.1 Å². The van der Waals surface area contributed by atoms with Crippen LogP contribution in [0, 0.1) is 5.82 Å². The van der Waals surface area contributed by atoms with Crippen molar-refractivity contribution in [1.82, 2.24) is 5.32 Å². The number of benzene rings is 2. The van der Waals surface area contributed by atoms with E-state index in [9.17, 15) is 4.39 Å². The molecule has 0 saturated heterocycles. The topological polar surface area (TPSA) is 21.3 Å². The lowest BCUT2D eigenvalue weighted by Crippen LogP contribution is -2.22. The Balaban J connectivity index is 2.45. The lowest BCUT2D eigenvalue weighted by atomic mass is 9.98. The summed E-state index contributed by atoms with van der Waals surface area (Å²) in [5.41, 5.74) is 1.95. The molecule has 0 bridgehead atoms.